The number of nitrogens with one attached hydrogen (secondary N) is 1. The molecule has 0 bridgehead atoms. The maximum atomic E-state index is 13.3. The summed E-state index contributed by atoms with van der Waals surface area (Å²) < 4.78 is 0. The summed E-state index contributed by atoms with van der Waals surface area (Å²) in [6.07, 6.45) is 0. The Kier molecular flexibility index (Phi) is 7.97. The zero-order valence-corrected chi connectivity index (χ0v) is 19.1. The van der Waals surface area contributed by atoms with Crippen molar-refractivity contribution in [1.29, 1.82) is 0 Å². The van der Waals surface area contributed by atoms with Gasteiger partial charge >= 0.3 is 0 Å². The Balaban J connectivity index is 1.87. The van der Waals surface area contributed by atoms with Crippen LogP contribution in [0.2, 0.25) is 15.1 Å². The molecule has 0 aromatic heterocycles. The molecule has 160 valence electrons. The van der Waals surface area contributed by atoms with Crippen molar-refractivity contribution >= 4 is 46.6 Å². The lowest BCUT2D eigenvalue weighted by Gasteiger charge is -2.30. The Labute approximate surface area is 196 Å². The molecule has 4 nitrogen and oxygen atoms in total. The minimum absolute atomic E-state index is 0.213. The molecule has 0 radical (unpaired) electrons. The van der Waals surface area contributed by atoms with Crippen molar-refractivity contribution < 1.29 is 9.59 Å². The molecule has 0 heterocycles. The Bertz CT molecular complexity index is 1060. The Morgan fingerprint density at radius 2 is 1.55 bits per heavy atom. The van der Waals surface area contributed by atoms with Gasteiger partial charge in [0.1, 0.15) is 6.04 Å². The lowest BCUT2D eigenvalue weighted by atomic mass is 10.0. The van der Waals surface area contributed by atoms with Crippen molar-refractivity contribution in [3.8, 4) is 0 Å². The number of benzene rings is 3. The zero-order valence-electron chi connectivity index (χ0n) is 16.8. The van der Waals surface area contributed by atoms with E-state index in [1.807, 2.05) is 42.5 Å². The van der Waals surface area contributed by atoms with Gasteiger partial charge in [0.2, 0.25) is 11.8 Å². The fraction of sp³-hybridized carbons (Fsp3) is 0.167. The molecule has 3 rings (SSSR count). The van der Waals surface area contributed by atoms with Crippen LogP contribution < -0.4 is 5.32 Å². The molecule has 0 aliphatic carbocycles. The number of hydrogen-bond donors (Lipinski definition) is 1. The van der Waals surface area contributed by atoms with Crippen LogP contribution in [0.1, 0.15) is 29.7 Å². The molecule has 2 amide bonds. The van der Waals surface area contributed by atoms with Gasteiger partial charge in [0, 0.05) is 35.1 Å². The van der Waals surface area contributed by atoms with E-state index >= 15 is 0 Å². The topological polar surface area (TPSA) is 49.4 Å². The molecule has 0 aliphatic heterocycles. The van der Waals surface area contributed by atoms with Gasteiger partial charge in [-0.3, -0.25) is 9.59 Å². The SMILES string of the molecule is CC(=O)N(Cc1ccc(Cl)cc1)[C@H](C(=O)NCc1ccc(Cl)cc1Cl)c1ccccc1. The van der Waals surface area contributed by atoms with E-state index < -0.39 is 6.04 Å². The number of carbonyl (C=O) groups excluding carboxylic acids is 2. The summed E-state index contributed by atoms with van der Waals surface area (Å²) in [6.45, 7) is 1.93. The van der Waals surface area contributed by atoms with Crippen molar-refractivity contribution in [3.63, 3.8) is 0 Å². The summed E-state index contributed by atoms with van der Waals surface area (Å²) in [4.78, 5) is 27.4. The molecule has 1 atom stereocenters. The van der Waals surface area contributed by atoms with Gasteiger partial charge in [0.25, 0.3) is 0 Å². The van der Waals surface area contributed by atoms with Crippen molar-refractivity contribution in [2.45, 2.75) is 26.1 Å². The highest BCUT2D eigenvalue weighted by atomic mass is 35.5. The number of nitrogens with zero attached hydrogens (tertiary/aromatic N) is 1. The van der Waals surface area contributed by atoms with Crippen molar-refractivity contribution in [2.75, 3.05) is 0 Å². The molecule has 0 fully saturated rings. The summed E-state index contributed by atoms with van der Waals surface area (Å²) in [5, 5.41) is 4.50. The molecule has 0 saturated heterocycles. The second kappa shape index (κ2) is 10.7. The average Bonchev–Trinajstić information content (AvgIpc) is 2.74. The minimum atomic E-state index is -0.805. The summed E-state index contributed by atoms with van der Waals surface area (Å²) in [5.41, 5.74) is 2.32. The Morgan fingerprint density at radius 1 is 0.903 bits per heavy atom. The van der Waals surface area contributed by atoms with E-state index in [1.54, 1.807) is 30.3 Å². The van der Waals surface area contributed by atoms with E-state index in [4.69, 9.17) is 34.8 Å². The molecule has 0 unspecified atom stereocenters. The van der Waals surface area contributed by atoms with E-state index in [2.05, 4.69) is 5.32 Å². The molecule has 3 aromatic carbocycles. The van der Waals surface area contributed by atoms with Crippen LogP contribution in [-0.2, 0) is 22.7 Å². The van der Waals surface area contributed by atoms with Crippen LogP contribution in [0.5, 0.6) is 0 Å². The van der Waals surface area contributed by atoms with E-state index in [9.17, 15) is 9.59 Å². The van der Waals surface area contributed by atoms with E-state index in [1.165, 1.54) is 11.8 Å². The van der Waals surface area contributed by atoms with Gasteiger partial charge in [-0.15, -0.1) is 0 Å². The fourth-order valence-corrected chi connectivity index (χ4v) is 3.82. The molecule has 0 spiro atoms. The predicted molar refractivity (Wildman–Crippen MR) is 125 cm³/mol. The van der Waals surface area contributed by atoms with Crippen LogP contribution in [0.25, 0.3) is 0 Å². The fourth-order valence-electron chi connectivity index (χ4n) is 3.22. The summed E-state index contributed by atoms with van der Waals surface area (Å²) in [7, 11) is 0. The molecule has 0 saturated carbocycles. The third-order valence-corrected chi connectivity index (χ3v) is 5.65. The summed E-state index contributed by atoms with van der Waals surface area (Å²) >= 11 is 18.2. The molecule has 31 heavy (non-hydrogen) atoms. The van der Waals surface area contributed by atoms with Crippen molar-refractivity contribution in [1.82, 2.24) is 10.2 Å². The summed E-state index contributed by atoms with van der Waals surface area (Å²) in [5.74, 6) is -0.523. The Morgan fingerprint density at radius 3 is 2.16 bits per heavy atom. The lowest BCUT2D eigenvalue weighted by molar-refractivity contribution is -0.140. The smallest absolute Gasteiger partial charge is 0.247 e. The minimum Gasteiger partial charge on any atom is -0.350 e. The highest BCUT2D eigenvalue weighted by Crippen LogP contribution is 2.25. The van der Waals surface area contributed by atoms with Gasteiger partial charge in [-0.25, -0.2) is 0 Å². The lowest BCUT2D eigenvalue weighted by Crippen LogP contribution is -2.42. The van der Waals surface area contributed by atoms with Crippen LogP contribution in [0.4, 0.5) is 0 Å². The van der Waals surface area contributed by atoms with Crippen LogP contribution >= 0.6 is 34.8 Å². The third-order valence-electron chi connectivity index (χ3n) is 4.81. The molecule has 1 N–H and O–H groups in total. The first-order valence-electron chi connectivity index (χ1n) is 9.63. The van der Waals surface area contributed by atoms with E-state index in [0.29, 0.717) is 20.6 Å². The molecule has 0 aliphatic rings. The van der Waals surface area contributed by atoms with Crippen molar-refractivity contribution in [3.05, 3.63) is 105 Å². The average molecular weight is 476 g/mol. The number of rotatable bonds is 7. The molecular weight excluding hydrogens is 455 g/mol. The standard InChI is InChI=1S/C24H21Cl3N2O2/c1-16(30)29(15-17-7-10-20(25)11-8-17)23(18-5-3-2-4-6-18)24(31)28-14-19-9-12-21(26)13-22(19)27/h2-13,23H,14-15H2,1H3,(H,28,31)/t23-/m0/s1. The van der Waals surface area contributed by atoms with E-state index in [-0.39, 0.29) is 24.9 Å². The number of amides is 2. The van der Waals surface area contributed by atoms with Crippen LogP contribution in [0.15, 0.2) is 72.8 Å². The highest BCUT2D eigenvalue weighted by molar-refractivity contribution is 6.35. The van der Waals surface area contributed by atoms with Gasteiger partial charge in [0.05, 0.1) is 0 Å². The van der Waals surface area contributed by atoms with Crippen LogP contribution in [0.3, 0.4) is 0 Å². The second-order valence-electron chi connectivity index (χ2n) is 7.04. The third kappa shape index (κ3) is 6.23. The number of halogens is 3. The quantitative estimate of drug-likeness (QED) is 0.452. The van der Waals surface area contributed by atoms with Crippen LogP contribution in [0, 0.1) is 0 Å². The van der Waals surface area contributed by atoms with Gasteiger partial charge in [0.15, 0.2) is 0 Å². The first-order valence-corrected chi connectivity index (χ1v) is 10.8. The van der Waals surface area contributed by atoms with Gasteiger partial charge in [-0.2, -0.15) is 0 Å². The van der Waals surface area contributed by atoms with Crippen molar-refractivity contribution in [2.24, 2.45) is 0 Å². The molecular formula is C24H21Cl3N2O2. The Hall–Kier alpha value is -2.53. The molecule has 3 aromatic rings. The summed E-state index contributed by atoms with van der Waals surface area (Å²) in [6, 6.07) is 20.7. The first-order chi connectivity index (χ1) is 14.8. The maximum absolute atomic E-state index is 13.3. The number of hydrogen-bond acceptors (Lipinski definition) is 2. The second-order valence-corrected chi connectivity index (χ2v) is 8.32. The number of carbonyl (C=O) groups is 2. The largest absolute Gasteiger partial charge is 0.350 e. The molecule has 7 heteroatoms. The van der Waals surface area contributed by atoms with Gasteiger partial charge in [-0.1, -0.05) is 83.3 Å². The zero-order chi connectivity index (χ0) is 22.4. The monoisotopic (exact) mass is 474 g/mol. The van der Waals surface area contributed by atoms with Gasteiger partial charge in [-0.05, 0) is 41.0 Å². The maximum Gasteiger partial charge on any atom is 0.247 e. The highest BCUT2D eigenvalue weighted by Gasteiger charge is 2.29. The first kappa shape index (κ1) is 23.1. The predicted octanol–water partition coefficient (Wildman–Crippen LogP) is 6.05. The van der Waals surface area contributed by atoms with Crippen LogP contribution in [-0.4, -0.2) is 16.7 Å². The van der Waals surface area contributed by atoms with Gasteiger partial charge < -0.3 is 10.2 Å². The normalized spacial score (nSPS) is 11.6. The van der Waals surface area contributed by atoms with E-state index in [0.717, 1.165) is 11.1 Å².